The van der Waals surface area contributed by atoms with Crippen LogP contribution in [0.2, 0.25) is 0 Å². The minimum absolute atomic E-state index is 0.0943. The van der Waals surface area contributed by atoms with Gasteiger partial charge in [0.25, 0.3) is 11.8 Å². The molecule has 0 radical (unpaired) electrons. The molecule has 274 valence electrons. The largest absolute Gasteiger partial charge is 0.330 e. The van der Waals surface area contributed by atoms with Crippen molar-refractivity contribution in [1.29, 1.82) is 0 Å². The van der Waals surface area contributed by atoms with Gasteiger partial charge in [0.2, 0.25) is 0 Å². The van der Waals surface area contributed by atoms with Crippen LogP contribution in [-0.2, 0) is 22.7 Å². The minimum Gasteiger partial charge on any atom is -0.330 e. The molecule has 0 unspecified atom stereocenters. The van der Waals surface area contributed by atoms with E-state index in [4.69, 9.17) is 11.5 Å². The SMILES string of the molecule is CCCCCCN1C(=O)[C@H](CCCCN)N(Cc2cccc(-c3cccc(CN4C(=O)N(CCCCCC)C(=O)[C@@H]4CCCCN)c3)c2)C1=O. The fourth-order valence-electron chi connectivity index (χ4n) is 7.17. The van der Waals surface area contributed by atoms with Gasteiger partial charge in [-0.2, -0.15) is 0 Å². The van der Waals surface area contributed by atoms with E-state index in [2.05, 4.69) is 26.0 Å². The first-order chi connectivity index (χ1) is 24.3. The third-order valence-corrected chi connectivity index (χ3v) is 10.0. The molecular formula is C40H60N6O4. The van der Waals surface area contributed by atoms with Gasteiger partial charge in [-0.1, -0.05) is 88.8 Å². The molecule has 6 amide bonds. The molecule has 4 N–H and O–H groups in total. The molecular weight excluding hydrogens is 628 g/mol. The van der Waals surface area contributed by atoms with Crippen molar-refractivity contribution in [2.24, 2.45) is 11.5 Å². The van der Waals surface area contributed by atoms with Crippen molar-refractivity contribution in [3.63, 3.8) is 0 Å². The van der Waals surface area contributed by atoms with E-state index in [1.54, 1.807) is 9.80 Å². The van der Waals surface area contributed by atoms with E-state index >= 15 is 0 Å². The normalized spacial score (nSPS) is 18.0. The summed E-state index contributed by atoms with van der Waals surface area (Å²) in [5.74, 6) is -0.189. The summed E-state index contributed by atoms with van der Waals surface area (Å²) < 4.78 is 0. The van der Waals surface area contributed by atoms with Crippen LogP contribution in [0.1, 0.15) is 115 Å². The highest BCUT2D eigenvalue weighted by molar-refractivity contribution is 6.04. The van der Waals surface area contributed by atoms with Crippen LogP contribution >= 0.6 is 0 Å². The van der Waals surface area contributed by atoms with Crippen molar-refractivity contribution in [3.05, 3.63) is 59.7 Å². The van der Waals surface area contributed by atoms with Gasteiger partial charge in [-0.15, -0.1) is 0 Å². The average Bonchev–Trinajstić information content (AvgIpc) is 3.47. The molecule has 10 nitrogen and oxygen atoms in total. The fraction of sp³-hybridized carbons (Fsp3) is 0.600. The van der Waals surface area contributed by atoms with E-state index in [1.807, 2.05) is 36.4 Å². The standard InChI is InChI=1S/C40H60N6O4/c1-3-5-7-13-25-43-37(47)35(21-9-11-23-41)45(39(43)49)29-31-17-15-19-33(27-31)34-20-16-18-32(28-34)30-46-36(22-10-12-24-42)38(48)44(40(46)50)26-14-8-6-4-2/h15-20,27-28,35-36H,3-14,21-26,29-30,41-42H2,1-2H3/t35-,36-/m0/s1. The van der Waals surface area contributed by atoms with Crippen LogP contribution in [0.3, 0.4) is 0 Å². The second-order valence-electron chi connectivity index (χ2n) is 13.9. The number of urea groups is 2. The van der Waals surface area contributed by atoms with Crippen molar-refractivity contribution in [2.45, 2.75) is 129 Å². The van der Waals surface area contributed by atoms with Crippen molar-refractivity contribution >= 4 is 23.9 Å². The van der Waals surface area contributed by atoms with Gasteiger partial charge in [0, 0.05) is 26.2 Å². The fourth-order valence-corrected chi connectivity index (χ4v) is 7.17. The molecule has 0 spiro atoms. The molecule has 2 aliphatic heterocycles. The first-order valence-electron chi connectivity index (χ1n) is 19.2. The lowest BCUT2D eigenvalue weighted by atomic mass is 10.00. The number of unbranched alkanes of at least 4 members (excludes halogenated alkanes) is 8. The van der Waals surface area contributed by atoms with Gasteiger partial charge in [0.15, 0.2) is 0 Å². The molecule has 0 aliphatic carbocycles. The number of nitrogens with two attached hydrogens (primary N) is 2. The van der Waals surface area contributed by atoms with E-state index in [1.165, 1.54) is 9.80 Å². The number of hydrogen-bond acceptors (Lipinski definition) is 6. The molecule has 2 saturated heterocycles. The van der Waals surface area contributed by atoms with Crippen molar-refractivity contribution in [2.75, 3.05) is 26.2 Å². The number of nitrogens with zero attached hydrogens (tertiary/aromatic N) is 4. The summed E-state index contributed by atoms with van der Waals surface area (Å²) in [6.45, 7) is 7.03. The van der Waals surface area contributed by atoms with E-state index in [0.29, 0.717) is 52.1 Å². The van der Waals surface area contributed by atoms with Gasteiger partial charge in [-0.25, -0.2) is 9.59 Å². The number of imide groups is 2. The third-order valence-electron chi connectivity index (χ3n) is 10.0. The van der Waals surface area contributed by atoms with Gasteiger partial charge < -0.3 is 21.3 Å². The summed E-state index contributed by atoms with van der Waals surface area (Å²) in [6, 6.07) is 14.8. The van der Waals surface area contributed by atoms with Crippen LogP contribution in [0.15, 0.2) is 48.5 Å². The van der Waals surface area contributed by atoms with Crippen molar-refractivity contribution in [1.82, 2.24) is 19.6 Å². The van der Waals surface area contributed by atoms with Crippen molar-refractivity contribution in [3.8, 4) is 11.1 Å². The number of benzene rings is 2. The van der Waals surface area contributed by atoms with Gasteiger partial charge >= 0.3 is 12.1 Å². The predicted molar refractivity (Wildman–Crippen MR) is 199 cm³/mol. The van der Waals surface area contributed by atoms with E-state index in [-0.39, 0.29) is 23.9 Å². The Kier molecular flexibility index (Phi) is 15.8. The molecule has 0 bridgehead atoms. The Morgan fingerprint density at radius 2 is 0.960 bits per heavy atom. The van der Waals surface area contributed by atoms with Gasteiger partial charge in [0.1, 0.15) is 12.1 Å². The Hall–Kier alpha value is -3.76. The van der Waals surface area contributed by atoms with Crippen LogP contribution in [0.5, 0.6) is 0 Å². The topological polar surface area (TPSA) is 133 Å². The first-order valence-corrected chi connectivity index (χ1v) is 19.2. The molecule has 2 heterocycles. The van der Waals surface area contributed by atoms with Crippen LogP contribution in [0.25, 0.3) is 11.1 Å². The zero-order valence-electron chi connectivity index (χ0n) is 30.5. The molecule has 0 aromatic heterocycles. The number of amides is 6. The lowest BCUT2D eigenvalue weighted by Crippen LogP contribution is -2.35. The number of carbonyl (C=O) groups is 4. The molecule has 2 atom stereocenters. The summed E-state index contributed by atoms with van der Waals surface area (Å²) >= 11 is 0. The smallest absolute Gasteiger partial charge is 0.327 e. The monoisotopic (exact) mass is 688 g/mol. The van der Waals surface area contributed by atoms with Crippen molar-refractivity contribution < 1.29 is 19.2 Å². The third kappa shape index (κ3) is 10.2. The summed E-state index contributed by atoms with van der Waals surface area (Å²) in [4.78, 5) is 60.5. The zero-order chi connectivity index (χ0) is 35.9. The molecule has 10 heteroatoms. The van der Waals surface area contributed by atoms with Crippen LogP contribution in [0.4, 0.5) is 9.59 Å². The maximum atomic E-state index is 13.6. The maximum Gasteiger partial charge on any atom is 0.327 e. The highest BCUT2D eigenvalue weighted by atomic mass is 16.2. The second kappa shape index (κ2) is 20.2. The Morgan fingerprint density at radius 1 is 0.540 bits per heavy atom. The summed E-state index contributed by atoms with van der Waals surface area (Å²) in [6.07, 6.45) is 12.5. The van der Waals surface area contributed by atoms with Crippen LogP contribution < -0.4 is 11.5 Å². The minimum atomic E-state index is -0.475. The van der Waals surface area contributed by atoms with E-state index in [9.17, 15) is 19.2 Å². The molecule has 0 saturated carbocycles. The molecule has 4 rings (SSSR count). The Bertz CT molecular complexity index is 1310. The van der Waals surface area contributed by atoms with Gasteiger partial charge in [-0.3, -0.25) is 19.4 Å². The molecule has 2 aromatic rings. The molecule has 2 aromatic carbocycles. The molecule has 2 aliphatic rings. The summed E-state index contributed by atoms with van der Waals surface area (Å²) in [5.41, 5.74) is 15.4. The van der Waals surface area contributed by atoms with E-state index < -0.39 is 12.1 Å². The number of rotatable bonds is 23. The average molecular weight is 689 g/mol. The highest BCUT2D eigenvalue weighted by Crippen LogP contribution is 2.29. The van der Waals surface area contributed by atoms with Gasteiger partial charge in [0.05, 0.1) is 0 Å². The van der Waals surface area contributed by atoms with Gasteiger partial charge in [-0.05, 0) is 98.8 Å². The summed E-state index contributed by atoms with van der Waals surface area (Å²) in [5, 5.41) is 0. The highest BCUT2D eigenvalue weighted by Gasteiger charge is 2.45. The Labute approximate surface area is 299 Å². The number of hydrogen-bond donors (Lipinski definition) is 2. The van der Waals surface area contributed by atoms with Crippen LogP contribution in [-0.4, -0.2) is 81.7 Å². The zero-order valence-corrected chi connectivity index (χ0v) is 30.5. The Morgan fingerprint density at radius 3 is 1.34 bits per heavy atom. The van der Waals surface area contributed by atoms with Crippen LogP contribution in [0, 0.1) is 0 Å². The second-order valence-corrected chi connectivity index (χ2v) is 13.9. The summed E-state index contributed by atoms with van der Waals surface area (Å²) in [7, 11) is 0. The lowest BCUT2D eigenvalue weighted by molar-refractivity contribution is -0.129. The first kappa shape index (κ1) is 39.0. The lowest BCUT2D eigenvalue weighted by Gasteiger charge is -2.23. The molecule has 2 fully saturated rings. The maximum absolute atomic E-state index is 13.6. The quantitative estimate of drug-likeness (QED) is 0.0951. The Balaban J connectivity index is 1.50. The number of carbonyl (C=O) groups excluding carboxylic acids is 4. The van der Waals surface area contributed by atoms with E-state index in [0.717, 1.165) is 99.3 Å². The molecule has 50 heavy (non-hydrogen) atoms. The predicted octanol–water partition coefficient (Wildman–Crippen LogP) is 7.04.